The van der Waals surface area contributed by atoms with Gasteiger partial charge < -0.3 is 0 Å². The first-order chi connectivity index (χ1) is 25.3. The highest BCUT2D eigenvalue weighted by Gasteiger charge is 2.50. The summed E-state index contributed by atoms with van der Waals surface area (Å²) in [6.45, 7) is 0. The van der Waals surface area contributed by atoms with Gasteiger partial charge in [-0.15, -0.1) is 0 Å². The van der Waals surface area contributed by atoms with Gasteiger partial charge in [0.2, 0.25) is 0 Å². The predicted molar refractivity (Wildman–Crippen MR) is 210 cm³/mol. The lowest BCUT2D eigenvalue weighted by Crippen LogP contribution is -2.26. The van der Waals surface area contributed by atoms with Crippen molar-refractivity contribution in [1.29, 1.82) is 0 Å². The standard InChI is InChI=1S/C49H30N2/c1-3-12-31(13-4-1)44-30-45(32-14-5-2-6-15-32)51-48(50-44)37-19-9-18-35(28-37)36-26-27-39-38-20-7-8-21-40(38)49(43(39)29-36)41-22-10-16-33-24-25-34-17-11-23-42(49)47(34)46(33)41/h1-30H. The van der Waals surface area contributed by atoms with Crippen LogP contribution >= 0.6 is 0 Å². The van der Waals surface area contributed by atoms with E-state index in [1.54, 1.807) is 0 Å². The molecule has 1 heterocycles. The third-order valence-corrected chi connectivity index (χ3v) is 11.1. The molecular weight excluding hydrogens is 617 g/mol. The van der Waals surface area contributed by atoms with Gasteiger partial charge in [0.25, 0.3) is 0 Å². The summed E-state index contributed by atoms with van der Waals surface area (Å²) >= 11 is 0. The minimum Gasteiger partial charge on any atom is -0.228 e. The molecule has 236 valence electrons. The second-order valence-corrected chi connectivity index (χ2v) is 13.7. The van der Waals surface area contributed by atoms with Crippen molar-refractivity contribution in [3.05, 3.63) is 204 Å². The van der Waals surface area contributed by atoms with Crippen LogP contribution in [0.1, 0.15) is 22.3 Å². The van der Waals surface area contributed by atoms with Gasteiger partial charge in [0, 0.05) is 16.7 Å². The van der Waals surface area contributed by atoms with Crippen molar-refractivity contribution in [3.63, 3.8) is 0 Å². The van der Waals surface area contributed by atoms with Crippen molar-refractivity contribution >= 4 is 21.5 Å². The van der Waals surface area contributed by atoms with Crippen LogP contribution in [0.4, 0.5) is 0 Å². The van der Waals surface area contributed by atoms with Crippen LogP contribution in [0.3, 0.4) is 0 Å². The molecule has 0 saturated carbocycles. The van der Waals surface area contributed by atoms with Crippen LogP contribution in [0, 0.1) is 0 Å². The predicted octanol–water partition coefficient (Wildman–Crippen LogP) is 12.1. The Morgan fingerprint density at radius 3 is 1.49 bits per heavy atom. The number of nitrogens with zero attached hydrogens (tertiary/aromatic N) is 2. The number of aromatic nitrogens is 2. The van der Waals surface area contributed by atoms with Crippen molar-refractivity contribution in [2.45, 2.75) is 5.41 Å². The number of rotatable bonds is 4. The lowest BCUT2D eigenvalue weighted by molar-refractivity contribution is 0.797. The second-order valence-electron chi connectivity index (χ2n) is 13.7. The monoisotopic (exact) mass is 646 g/mol. The van der Waals surface area contributed by atoms with Gasteiger partial charge in [0.15, 0.2) is 5.82 Å². The summed E-state index contributed by atoms with van der Waals surface area (Å²) in [5, 5.41) is 5.36. The van der Waals surface area contributed by atoms with E-state index < -0.39 is 0 Å². The highest BCUT2D eigenvalue weighted by molar-refractivity contribution is 6.17. The van der Waals surface area contributed by atoms with Gasteiger partial charge in [0.1, 0.15) is 0 Å². The van der Waals surface area contributed by atoms with Gasteiger partial charge in [0.05, 0.1) is 16.8 Å². The van der Waals surface area contributed by atoms with Crippen molar-refractivity contribution in [2.24, 2.45) is 0 Å². The molecule has 0 atom stereocenters. The molecule has 0 amide bonds. The van der Waals surface area contributed by atoms with Gasteiger partial charge in [-0.2, -0.15) is 0 Å². The first-order valence-corrected chi connectivity index (χ1v) is 17.6. The zero-order valence-corrected chi connectivity index (χ0v) is 27.7. The maximum atomic E-state index is 5.13. The second kappa shape index (κ2) is 10.7. The molecule has 9 aromatic rings. The van der Waals surface area contributed by atoms with E-state index in [0.717, 1.165) is 33.6 Å². The van der Waals surface area contributed by atoms with Crippen LogP contribution in [-0.2, 0) is 5.41 Å². The highest BCUT2D eigenvalue weighted by atomic mass is 14.9. The van der Waals surface area contributed by atoms with Gasteiger partial charge in [-0.1, -0.05) is 164 Å². The maximum absolute atomic E-state index is 5.13. The normalized spacial score (nSPS) is 13.3. The Balaban J connectivity index is 1.11. The molecule has 1 spiro atoms. The molecule has 11 rings (SSSR count). The molecule has 0 bridgehead atoms. The van der Waals surface area contributed by atoms with E-state index in [2.05, 4.69) is 170 Å². The van der Waals surface area contributed by atoms with E-state index >= 15 is 0 Å². The van der Waals surface area contributed by atoms with Crippen LogP contribution in [0.25, 0.3) is 77.7 Å². The molecule has 2 aliphatic carbocycles. The molecular formula is C49H30N2. The largest absolute Gasteiger partial charge is 0.228 e. The molecule has 1 aromatic heterocycles. The fraction of sp³-hybridized carbons (Fsp3) is 0.0204. The molecule has 2 nitrogen and oxygen atoms in total. The van der Waals surface area contributed by atoms with Crippen LogP contribution in [0.5, 0.6) is 0 Å². The Morgan fingerprint density at radius 1 is 0.314 bits per heavy atom. The summed E-state index contributed by atoms with van der Waals surface area (Å²) in [6.07, 6.45) is 0. The van der Waals surface area contributed by atoms with Gasteiger partial charge in [-0.3, -0.25) is 0 Å². The van der Waals surface area contributed by atoms with Gasteiger partial charge >= 0.3 is 0 Å². The molecule has 2 aliphatic rings. The van der Waals surface area contributed by atoms with E-state index in [-0.39, 0.29) is 5.41 Å². The Labute approximate surface area is 296 Å². The first-order valence-electron chi connectivity index (χ1n) is 17.6. The summed E-state index contributed by atoms with van der Waals surface area (Å²) in [6, 6.07) is 66.0. The Bertz CT molecular complexity index is 2730. The average molecular weight is 647 g/mol. The Hall–Kier alpha value is -6.64. The lowest BCUT2D eigenvalue weighted by atomic mass is 9.70. The van der Waals surface area contributed by atoms with E-state index in [9.17, 15) is 0 Å². The topological polar surface area (TPSA) is 25.8 Å². The van der Waals surface area contributed by atoms with Crippen molar-refractivity contribution in [2.75, 3.05) is 0 Å². The van der Waals surface area contributed by atoms with E-state index in [1.165, 1.54) is 60.5 Å². The van der Waals surface area contributed by atoms with Crippen LogP contribution < -0.4 is 0 Å². The molecule has 2 heteroatoms. The van der Waals surface area contributed by atoms with E-state index in [1.807, 2.05) is 12.1 Å². The number of fused-ring (bicyclic) bond motifs is 7. The molecule has 8 aromatic carbocycles. The van der Waals surface area contributed by atoms with E-state index in [0.29, 0.717) is 5.82 Å². The average Bonchev–Trinajstić information content (AvgIpc) is 3.68. The molecule has 0 fully saturated rings. The Morgan fingerprint density at radius 2 is 0.824 bits per heavy atom. The van der Waals surface area contributed by atoms with E-state index in [4.69, 9.17) is 9.97 Å². The number of hydrogen-bond donors (Lipinski definition) is 0. The molecule has 0 N–H and O–H groups in total. The molecule has 0 unspecified atom stereocenters. The molecule has 0 aliphatic heterocycles. The minimum atomic E-state index is -0.389. The highest BCUT2D eigenvalue weighted by Crippen LogP contribution is 2.62. The van der Waals surface area contributed by atoms with Crippen molar-refractivity contribution in [1.82, 2.24) is 9.97 Å². The zero-order chi connectivity index (χ0) is 33.5. The van der Waals surface area contributed by atoms with Gasteiger partial charge in [-0.05, 0) is 84.3 Å². The molecule has 51 heavy (non-hydrogen) atoms. The van der Waals surface area contributed by atoms with Crippen molar-refractivity contribution in [3.8, 4) is 56.2 Å². The molecule has 0 radical (unpaired) electrons. The smallest absolute Gasteiger partial charge is 0.160 e. The lowest BCUT2D eigenvalue weighted by Gasteiger charge is -2.31. The fourth-order valence-electron chi connectivity index (χ4n) is 8.89. The van der Waals surface area contributed by atoms with Crippen LogP contribution in [0.2, 0.25) is 0 Å². The maximum Gasteiger partial charge on any atom is 0.160 e. The van der Waals surface area contributed by atoms with Crippen LogP contribution in [0.15, 0.2) is 182 Å². The van der Waals surface area contributed by atoms with Crippen molar-refractivity contribution < 1.29 is 0 Å². The summed E-state index contributed by atoms with van der Waals surface area (Å²) in [4.78, 5) is 10.3. The quantitative estimate of drug-likeness (QED) is 0.178. The summed E-state index contributed by atoms with van der Waals surface area (Å²) < 4.78 is 0. The number of benzene rings is 8. The summed E-state index contributed by atoms with van der Waals surface area (Å²) in [5.41, 5.74) is 15.0. The van der Waals surface area contributed by atoms with Crippen LogP contribution in [-0.4, -0.2) is 9.97 Å². The molecule has 0 saturated heterocycles. The third-order valence-electron chi connectivity index (χ3n) is 11.1. The Kier molecular flexibility index (Phi) is 5.91. The zero-order valence-electron chi connectivity index (χ0n) is 27.7. The summed E-state index contributed by atoms with van der Waals surface area (Å²) in [7, 11) is 0. The fourth-order valence-corrected chi connectivity index (χ4v) is 8.89. The minimum absolute atomic E-state index is 0.389. The summed E-state index contributed by atoms with van der Waals surface area (Å²) in [5.74, 6) is 0.715. The van der Waals surface area contributed by atoms with Gasteiger partial charge in [-0.25, -0.2) is 9.97 Å². The SMILES string of the molecule is c1ccc(-c2cc(-c3ccccc3)nc(-c3cccc(-c4ccc5c(c4)C4(c6ccccc6-5)c5cccc6ccc7cccc4c7c56)c3)n2)cc1. The third kappa shape index (κ3) is 3.99. The number of hydrogen-bond acceptors (Lipinski definition) is 2. The first kappa shape index (κ1) is 28.2.